The third-order valence-electron chi connectivity index (χ3n) is 8.58. The average molecular weight is 389 g/mol. The largest absolute Gasteiger partial charge is 0.393 e. The van der Waals surface area contributed by atoms with Gasteiger partial charge in [-0.2, -0.15) is 0 Å². The number of fused-ring (bicyclic) bond motifs is 5. The number of carbonyl (C=O) groups is 2. The molecule has 4 rings (SSSR count). The van der Waals surface area contributed by atoms with E-state index in [1.165, 1.54) is 13.8 Å². The lowest BCUT2D eigenvalue weighted by Crippen LogP contribution is -2.63. The Morgan fingerprint density at radius 1 is 1.25 bits per heavy atom. The van der Waals surface area contributed by atoms with Crippen LogP contribution >= 0.6 is 0 Å². The van der Waals surface area contributed by atoms with Crippen LogP contribution in [0.2, 0.25) is 0 Å². The van der Waals surface area contributed by atoms with Crippen LogP contribution in [0.4, 0.5) is 0 Å². The van der Waals surface area contributed by atoms with Gasteiger partial charge in [0, 0.05) is 16.7 Å². The zero-order valence-corrected chi connectivity index (χ0v) is 17.2. The summed E-state index contributed by atoms with van der Waals surface area (Å²) < 4.78 is 0. The summed E-state index contributed by atoms with van der Waals surface area (Å²) in [6, 6.07) is 0. The summed E-state index contributed by atoms with van der Waals surface area (Å²) in [5.74, 6) is -0.304. The number of hydrogen-bond donors (Lipinski definition) is 3. The number of hydrogen-bond acceptors (Lipinski definition) is 5. The highest BCUT2D eigenvalue weighted by Gasteiger charge is 2.69. The molecule has 0 saturated heterocycles. The van der Waals surface area contributed by atoms with Gasteiger partial charge < -0.3 is 15.3 Å². The topological polar surface area (TPSA) is 94.8 Å². The Labute approximate surface area is 166 Å². The lowest BCUT2D eigenvalue weighted by molar-refractivity contribution is -0.187. The van der Waals surface area contributed by atoms with Crippen LogP contribution in [0.3, 0.4) is 0 Å². The van der Waals surface area contributed by atoms with Crippen molar-refractivity contribution < 1.29 is 24.9 Å². The van der Waals surface area contributed by atoms with Crippen LogP contribution in [0.1, 0.15) is 59.8 Å². The van der Waals surface area contributed by atoms with E-state index in [1.807, 2.05) is 13.0 Å². The first-order chi connectivity index (χ1) is 12.8. The molecule has 0 aromatic carbocycles. The number of aliphatic hydroxyl groups excluding tert-OH is 1. The SMILES string of the molecule is CC(C)(O)C(=O)[C@@]1(O)CC[C@H]2[C@@H]3CCC4=CC(=O)C=C[C@]4(C)[C@H]3[C@@H](O)C[C@@]21C. The van der Waals surface area contributed by atoms with Crippen LogP contribution in [-0.2, 0) is 9.59 Å². The van der Waals surface area contributed by atoms with Crippen molar-refractivity contribution in [2.24, 2.45) is 28.6 Å². The average Bonchev–Trinajstić information content (AvgIpc) is 2.85. The number of Topliss-reactive ketones (excluding diaryl/α,β-unsaturated/α-hetero) is 1. The van der Waals surface area contributed by atoms with E-state index in [4.69, 9.17) is 0 Å². The van der Waals surface area contributed by atoms with Gasteiger partial charge in [-0.3, -0.25) is 9.59 Å². The van der Waals surface area contributed by atoms with Crippen LogP contribution in [0, 0.1) is 28.6 Å². The minimum Gasteiger partial charge on any atom is -0.393 e. The minimum atomic E-state index is -1.63. The molecular weight excluding hydrogens is 356 g/mol. The van der Waals surface area contributed by atoms with Gasteiger partial charge in [0.25, 0.3) is 0 Å². The predicted molar refractivity (Wildman–Crippen MR) is 104 cm³/mol. The van der Waals surface area contributed by atoms with E-state index in [0.717, 1.165) is 18.4 Å². The smallest absolute Gasteiger partial charge is 0.195 e. The van der Waals surface area contributed by atoms with Gasteiger partial charge in [0.05, 0.1) is 6.10 Å². The van der Waals surface area contributed by atoms with Crippen LogP contribution in [-0.4, -0.2) is 44.2 Å². The molecule has 5 nitrogen and oxygen atoms in total. The lowest BCUT2D eigenvalue weighted by Gasteiger charge is -2.59. The zero-order valence-electron chi connectivity index (χ0n) is 17.2. The third-order valence-corrected chi connectivity index (χ3v) is 8.58. The Hall–Kier alpha value is -1.30. The second kappa shape index (κ2) is 5.87. The Bertz CT molecular complexity index is 789. The maximum atomic E-state index is 13.0. The van der Waals surface area contributed by atoms with Crippen molar-refractivity contribution in [3.8, 4) is 0 Å². The Balaban J connectivity index is 1.74. The highest BCUT2D eigenvalue weighted by Crippen LogP contribution is 2.67. The molecule has 0 amide bonds. The van der Waals surface area contributed by atoms with Gasteiger partial charge >= 0.3 is 0 Å². The van der Waals surface area contributed by atoms with Crippen LogP contribution < -0.4 is 0 Å². The fraction of sp³-hybridized carbons (Fsp3) is 0.739. The Morgan fingerprint density at radius 3 is 2.57 bits per heavy atom. The zero-order chi connectivity index (χ0) is 20.7. The van der Waals surface area contributed by atoms with Crippen molar-refractivity contribution in [1.29, 1.82) is 0 Å². The molecule has 0 bridgehead atoms. The first kappa shape index (κ1) is 20.0. The molecule has 4 aliphatic rings. The van der Waals surface area contributed by atoms with Gasteiger partial charge in [0.2, 0.25) is 0 Å². The molecule has 5 heteroatoms. The molecule has 3 fully saturated rings. The van der Waals surface area contributed by atoms with E-state index < -0.39 is 28.5 Å². The van der Waals surface area contributed by atoms with E-state index in [2.05, 4.69) is 6.92 Å². The Morgan fingerprint density at radius 2 is 1.93 bits per heavy atom. The summed E-state index contributed by atoms with van der Waals surface area (Å²) in [7, 11) is 0. The quantitative estimate of drug-likeness (QED) is 0.675. The molecule has 0 unspecified atom stereocenters. The van der Waals surface area contributed by atoms with Crippen molar-refractivity contribution in [3.05, 3.63) is 23.8 Å². The van der Waals surface area contributed by atoms with Crippen molar-refractivity contribution in [1.82, 2.24) is 0 Å². The number of rotatable bonds is 2. The Kier molecular flexibility index (Phi) is 4.19. The second-order valence-electron chi connectivity index (χ2n) is 10.5. The summed E-state index contributed by atoms with van der Waals surface area (Å²) in [6.07, 6.45) is 7.59. The van der Waals surface area contributed by atoms with Gasteiger partial charge in [-0.1, -0.05) is 25.5 Å². The highest BCUT2D eigenvalue weighted by molar-refractivity contribution is 6.01. The normalized spacial score (nSPS) is 47.8. The number of carbonyl (C=O) groups excluding carboxylic acids is 2. The summed E-state index contributed by atoms with van der Waals surface area (Å²) in [4.78, 5) is 24.9. The van der Waals surface area contributed by atoms with Gasteiger partial charge in [0.15, 0.2) is 11.6 Å². The minimum absolute atomic E-state index is 0.00655. The van der Waals surface area contributed by atoms with Crippen molar-refractivity contribution in [3.63, 3.8) is 0 Å². The van der Waals surface area contributed by atoms with Crippen molar-refractivity contribution in [2.45, 2.75) is 77.1 Å². The molecule has 3 saturated carbocycles. The highest BCUT2D eigenvalue weighted by atomic mass is 16.3. The fourth-order valence-electron chi connectivity index (χ4n) is 7.21. The molecule has 4 aliphatic carbocycles. The maximum absolute atomic E-state index is 13.0. The molecule has 0 heterocycles. The van der Waals surface area contributed by atoms with Gasteiger partial charge in [0.1, 0.15) is 11.2 Å². The summed E-state index contributed by atoms with van der Waals surface area (Å²) in [5.41, 5.74) is -3.29. The first-order valence-corrected chi connectivity index (χ1v) is 10.5. The van der Waals surface area contributed by atoms with E-state index in [9.17, 15) is 24.9 Å². The molecule has 28 heavy (non-hydrogen) atoms. The van der Waals surface area contributed by atoms with Crippen LogP contribution in [0.5, 0.6) is 0 Å². The van der Waals surface area contributed by atoms with E-state index in [0.29, 0.717) is 19.3 Å². The molecule has 154 valence electrons. The molecule has 0 aromatic heterocycles. The first-order valence-electron chi connectivity index (χ1n) is 10.5. The van der Waals surface area contributed by atoms with E-state index in [-0.39, 0.29) is 29.0 Å². The van der Waals surface area contributed by atoms with Gasteiger partial charge in [-0.15, -0.1) is 0 Å². The van der Waals surface area contributed by atoms with E-state index >= 15 is 0 Å². The molecule has 0 aliphatic heterocycles. The van der Waals surface area contributed by atoms with Crippen molar-refractivity contribution >= 4 is 11.6 Å². The van der Waals surface area contributed by atoms with Gasteiger partial charge in [-0.25, -0.2) is 0 Å². The summed E-state index contributed by atoms with van der Waals surface area (Å²) in [6.45, 7) is 6.87. The summed E-state index contributed by atoms with van der Waals surface area (Å²) >= 11 is 0. The lowest BCUT2D eigenvalue weighted by atomic mass is 9.46. The summed E-state index contributed by atoms with van der Waals surface area (Å²) in [5, 5.41) is 33.1. The number of allylic oxidation sites excluding steroid dienone is 4. The standard InChI is InChI=1S/C23H32O5/c1-20(2,27)19(26)23(28)10-8-16-15-6-5-13-11-14(24)7-9-21(13,3)18(15)17(25)12-22(16,23)4/h7,9,11,15-18,25,27-28H,5-6,8,10,12H2,1-4H3/t15-,16-,17-,18+,21-,22-,23-/m0/s1. The van der Waals surface area contributed by atoms with Crippen LogP contribution in [0.25, 0.3) is 0 Å². The monoisotopic (exact) mass is 388 g/mol. The number of aliphatic hydroxyl groups is 3. The van der Waals surface area contributed by atoms with Crippen LogP contribution in [0.15, 0.2) is 23.8 Å². The fourth-order valence-corrected chi connectivity index (χ4v) is 7.21. The molecule has 3 N–H and O–H groups in total. The molecule has 0 aromatic rings. The predicted octanol–water partition coefficient (Wildman–Crippen LogP) is 2.34. The van der Waals surface area contributed by atoms with E-state index in [1.54, 1.807) is 12.2 Å². The maximum Gasteiger partial charge on any atom is 0.195 e. The molecule has 0 spiro atoms. The number of ketones is 2. The molecular formula is C23H32O5. The van der Waals surface area contributed by atoms with Crippen molar-refractivity contribution in [2.75, 3.05) is 0 Å². The van der Waals surface area contributed by atoms with Gasteiger partial charge in [-0.05, 0) is 69.9 Å². The molecule has 0 radical (unpaired) electrons. The molecule has 7 atom stereocenters. The third kappa shape index (κ3) is 2.42. The second-order valence-corrected chi connectivity index (χ2v) is 10.5.